The predicted molar refractivity (Wildman–Crippen MR) is 97.6 cm³/mol. The van der Waals surface area contributed by atoms with Crippen LogP contribution in [-0.2, 0) is 16.1 Å². The molecule has 0 heterocycles. The molecule has 0 radical (unpaired) electrons. The van der Waals surface area contributed by atoms with Crippen LogP contribution in [-0.4, -0.2) is 12.4 Å². The molecule has 1 aromatic rings. The molecule has 0 aromatic heterocycles. The third-order valence-electron chi connectivity index (χ3n) is 6.72. The highest BCUT2D eigenvalue weighted by atomic mass is 16.5. The molecule has 0 aliphatic heterocycles. The molecular formula is C22H30O2. The number of rotatable bonds is 4. The lowest BCUT2D eigenvalue weighted by molar-refractivity contribution is -0.131. The number of carbonyl (C=O) groups is 1. The van der Waals surface area contributed by atoms with Gasteiger partial charge in [0, 0.05) is 0 Å². The fraction of sp³-hybridized carbons (Fsp3) is 0.591. The van der Waals surface area contributed by atoms with Gasteiger partial charge >= 0.3 is 0 Å². The Morgan fingerprint density at radius 3 is 2.54 bits per heavy atom. The molecule has 2 aliphatic carbocycles. The van der Waals surface area contributed by atoms with Gasteiger partial charge in [0.05, 0.1) is 12.7 Å². The van der Waals surface area contributed by atoms with Crippen LogP contribution >= 0.6 is 0 Å². The van der Waals surface area contributed by atoms with Crippen molar-refractivity contribution in [3.8, 4) is 0 Å². The Kier molecular flexibility index (Phi) is 4.70. The second-order valence-electron chi connectivity index (χ2n) is 8.47. The van der Waals surface area contributed by atoms with E-state index in [9.17, 15) is 4.79 Å². The number of allylic oxidation sites excluding steroid dienone is 2. The number of fused-ring (bicyclic) bond motifs is 1. The first-order valence-electron chi connectivity index (χ1n) is 9.20. The van der Waals surface area contributed by atoms with E-state index in [1.165, 1.54) is 11.1 Å². The van der Waals surface area contributed by atoms with Gasteiger partial charge in [0.15, 0.2) is 0 Å². The van der Waals surface area contributed by atoms with Crippen LogP contribution in [0.3, 0.4) is 0 Å². The minimum Gasteiger partial charge on any atom is -0.373 e. The summed E-state index contributed by atoms with van der Waals surface area (Å²) in [5.74, 6) is 0.503. The molecule has 3 rings (SSSR count). The van der Waals surface area contributed by atoms with Crippen molar-refractivity contribution < 1.29 is 9.53 Å². The van der Waals surface area contributed by atoms with Gasteiger partial charge in [-0.25, -0.2) is 0 Å². The Balaban J connectivity index is 1.80. The van der Waals surface area contributed by atoms with E-state index in [1.54, 1.807) is 0 Å². The van der Waals surface area contributed by atoms with Gasteiger partial charge < -0.3 is 4.74 Å². The maximum atomic E-state index is 11.7. The topological polar surface area (TPSA) is 26.3 Å². The minimum atomic E-state index is 0.0141. The molecule has 2 heteroatoms. The van der Waals surface area contributed by atoms with E-state index in [-0.39, 0.29) is 16.9 Å². The summed E-state index contributed by atoms with van der Waals surface area (Å²) in [5, 5.41) is 0. The molecule has 0 spiro atoms. The second-order valence-corrected chi connectivity index (χ2v) is 8.47. The zero-order valence-electron chi connectivity index (χ0n) is 15.5. The first-order chi connectivity index (χ1) is 11.4. The Morgan fingerprint density at radius 2 is 1.88 bits per heavy atom. The van der Waals surface area contributed by atoms with Gasteiger partial charge in [0.2, 0.25) is 0 Å². The zero-order valence-corrected chi connectivity index (χ0v) is 15.5. The lowest BCUT2D eigenvalue weighted by Gasteiger charge is -2.57. The van der Waals surface area contributed by atoms with Crippen LogP contribution in [0.4, 0.5) is 0 Å². The molecule has 2 nitrogen and oxygen atoms in total. The van der Waals surface area contributed by atoms with Crippen LogP contribution < -0.4 is 0 Å². The number of hydrogen-bond acceptors (Lipinski definition) is 2. The summed E-state index contributed by atoms with van der Waals surface area (Å²) < 4.78 is 6.37. The van der Waals surface area contributed by atoms with E-state index < -0.39 is 0 Å². The predicted octanol–water partition coefficient (Wildman–Crippen LogP) is 5.32. The van der Waals surface area contributed by atoms with E-state index >= 15 is 0 Å². The van der Waals surface area contributed by atoms with Gasteiger partial charge in [-0.1, -0.05) is 56.7 Å². The summed E-state index contributed by atoms with van der Waals surface area (Å²) in [6.45, 7) is 9.80. The number of carbonyl (C=O) groups excluding carboxylic acids is 1. The van der Waals surface area contributed by atoms with Gasteiger partial charge in [-0.2, -0.15) is 0 Å². The summed E-state index contributed by atoms with van der Waals surface area (Å²) in [6, 6.07) is 10.4. The Labute approximate surface area is 146 Å². The van der Waals surface area contributed by atoms with Crippen LogP contribution in [0, 0.1) is 16.7 Å². The highest BCUT2D eigenvalue weighted by Gasteiger charge is 2.54. The Bertz CT molecular complexity index is 629. The summed E-state index contributed by atoms with van der Waals surface area (Å²) in [5.41, 5.74) is 3.68. The molecule has 1 fully saturated rings. The van der Waals surface area contributed by atoms with E-state index in [2.05, 4.69) is 52.0 Å². The molecule has 130 valence electrons. The van der Waals surface area contributed by atoms with Crippen molar-refractivity contribution in [3.63, 3.8) is 0 Å². The van der Waals surface area contributed by atoms with Crippen LogP contribution in [0.15, 0.2) is 41.5 Å². The van der Waals surface area contributed by atoms with E-state index in [1.807, 2.05) is 6.07 Å². The van der Waals surface area contributed by atoms with Gasteiger partial charge in [-0.15, -0.1) is 0 Å². The van der Waals surface area contributed by atoms with E-state index in [0.717, 1.165) is 37.5 Å². The first-order valence-corrected chi connectivity index (χ1v) is 9.20. The molecule has 2 aliphatic rings. The molecule has 1 aromatic carbocycles. The smallest absolute Gasteiger partial charge is 0.146 e. The average molecular weight is 326 g/mol. The molecule has 24 heavy (non-hydrogen) atoms. The molecular weight excluding hydrogens is 296 g/mol. The van der Waals surface area contributed by atoms with E-state index in [4.69, 9.17) is 4.74 Å². The molecule has 1 saturated carbocycles. The first kappa shape index (κ1) is 17.4. The fourth-order valence-corrected chi connectivity index (χ4v) is 5.32. The van der Waals surface area contributed by atoms with Crippen LogP contribution in [0.2, 0.25) is 0 Å². The molecule has 0 N–H and O–H groups in total. The van der Waals surface area contributed by atoms with Crippen molar-refractivity contribution in [2.45, 2.75) is 66.1 Å². The number of ether oxygens (including phenoxy) is 1. The van der Waals surface area contributed by atoms with Crippen LogP contribution in [0.25, 0.3) is 0 Å². The highest BCUT2D eigenvalue weighted by molar-refractivity contribution is 5.77. The average Bonchev–Trinajstić information content (AvgIpc) is 2.54. The van der Waals surface area contributed by atoms with Crippen LogP contribution in [0.5, 0.6) is 0 Å². The quantitative estimate of drug-likeness (QED) is 0.700. The second kappa shape index (κ2) is 6.48. The van der Waals surface area contributed by atoms with Crippen molar-refractivity contribution in [3.05, 3.63) is 47.0 Å². The minimum absolute atomic E-state index is 0.0141. The van der Waals surface area contributed by atoms with Gasteiger partial charge in [0.25, 0.3) is 0 Å². The van der Waals surface area contributed by atoms with Crippen molar-refractivity contribution in [1.29, 1.82) is 0 Å². The third-order valence-corrected chi connectivity index (χ3v) is 6.72. The van der Waals surface area contributed by atoms with Crippen LogP contribution in [0.1, 0.15) is 58.9 Å². The SMILES string of the molecule is CC1=C(C=O)[C@@]2(C)CC[C@@H](OCc3ccccc3)C(C)(C)[C@@H]2CC1. The number of benzene rings is 1. The highest BCUT2D eigenvalue weighted by Crippen LogP contribution is 2.59. The van der Waals surface area contributed by atoms with Gasteiger partial charge in [-0.05, 0) is 60.5 Å². The Hall–Kier alpha value is -1.41. The fourth-order valence-electron chi connectivity index (χ4n) is 5.32. The molecule has 3 atom stereocenters. The molecule has 0 saturated heterocycles. The molecule has 0 bridgehead atoms. The lowest BCUT2D eigenvalue weighted by Crippen LogP contribution is -2.53. The van der Waals surface area contributed by atoms with Gasteiger partial charge in [0.1, 0.15) is 6.29 Å². The Morgan fingerprint density at radius 1 is 1.17 bits per heavy atom. The summed E-state index contributed by atoms with van der Waals surface area (Å²) in [7, 11) is 0. The standard InChI is InChI=1S/C22H30O2/c1-16-10-11-19-21(2,3)20(12-13-22(19,4)18(16)14-23)24-15-17-8-6-5-7-9-17/h5-9,14,19-20H,10-13,15H2,1-4H3/t19-,20+,22+/m0/s1. The summed E-state index contributed by atoms with van der Waals surface area (Å²) in [4.78, 5) is 11.7. The van der Waals surface area contributed by atoms with Crippen molar-refractivity contribution in [2.24, 2.45) is 16.7 Å². The van der Waals surface area contributed by atoms with Crippen molar-refractivity contribution in [1.82, 2.24) is 0 Å². The lowest BCUT2D eigenvalue weighted by atomic mass is 9.49. The zero-order chi connectivity index (χ0) is 17.4. The van der Waals surface area contributed by atoms with Crippen molar-refractivity contribution >= 4 is 6.29 Å². The molecule has 0 unspecified atom stereocenters. The van der Waals surface area contributed by atoms with Crippen molar-refractivity contribution in [2.75, 3.05) is 0 Å². The normalized spacial score (nSPS) is 32.3. The largest absolute Gasteiger partial charge is 0.373 e. The third kappa shape index (κ3) is 2.86. The molecule has 0 amide bonds. The number of hydrogen-bond donors (Lipinski definition) is 0. The summed E-state index contributed by atoms with van der Waals surface area (Å²) >= 11 is 0. The van der Waals surface area contributed by atoms with E-state index in [0.29, 0.717) is 12.5 Å². The summed E-state index contributed by atoms with van der Waals surface area (Å²) in [6.07, 6.45) is 5.66. The van der Waals surface area contributed by atoms with Gasteiger partial charge in [-0.3, -0.25) is 4.79 Å². The number of aldehydes is 1. The maximum absolute atomic E-state index is 11.7. The monoisotopic (exact) mass is 326 g/mol. The maximum Gasteiger partial charge on any atom is 0.146 e.